The van der Waals surface area contributed by atoms with Crippen LogP contribution in [0, 0.1) is 0 Å². The van der Waals surface area contributed by atoms with Gasteiger partial charge in [0.15, 0.2) is 17.2 Å². The molecule has 0 saturated heterocycles. The summed E-state index contributed by atoms with van der Waals surface area (Å²) in [5, 5.41) is 1.87. The average Bonchev–Trinajstić information content (AvgIpc) is 2.21. The second kappa shape index (κ2) is 6.17. The van der Waals surface area contributed by atoms with E-state index in [-0.39, 0.29) is 5.69 Å². The van der Waals surface area contributed by atoms with E-state index in [4.69, 9.17) is 0 Å². The van der Waals surface area contributed by atoms with Crippen molar-refractivity contribution in [2.24, 2.45) is 4.99 Å². The highest BCUT2D eigenvalue weighted by Crippen LogP contribution is 2.38. The summed E-state index contributed by atoms with van der Waals surface area (Å²) >= 11 is 4.28. The quantitative estimate of drug-likeness (QED) is 0.463. The van der Waals surface area contributed by atoms with Gasteiger partial charge in [0.2, 0.25) is 0 Å². The molecule has 0 aromatic heterocycles. The van der Waals surface area contributed by atoms with Gasteiger partial charge in [-0.1, -0.05) is 6.07 Å². The van der Waals surface area contributed by atoms with Crippen LogP contribution in [0.5, 0.6) is 11.5 Å². The largest absolute Gasteiger partial charge is 0.432 e. The van der Waals surface area contributed by atoms with Crippen molar-refractivity contribution in [2.45, 2.75) is 13.2 Å². The third kappa shape index (κ3) is 4.01. The summed E-state index contributed by atoms with van der Waals surface area (Å²) in [6, 6.07) is 3.45. The van der Waals surface area contributed by atoms with Gasteiger partial charge < -0.3 is 9.47 Å². The van der Waals surface area contributed by atoms with E-state index < -0.39 is 24.7 Å². The molecule has 0 atom stereocenters. The van der Waals surface area contributed by atoms with Crippen LogP contribution >= 0.6 is 12.2 Å². The predicted octanol–water partition coefficient (Wildman–Crippen LogP) is 3.62. The minimum atomic E-state index is -3.11. The Morgan fingerprint density at radius 3 is 1.88 bits per heavy atom. The van der Waals surface area contributed by atoms with Gasteiger partial charge in [0, 0.05) is 0 Å². The molecule has 0 bridgehead atoms. The Hall–Kier alpha value is -1.66. The fourth-order valence-electron chi connectivity index (χ4n) is 1.04. The van der Waals surface area contributed by atoms with Crippen molar-refractivity contribution in [1.29, 1.82) is 0 Å². The molecule has 0 aliphatic heterocycles. The van der Waals surface area contributed by atoms with Crippen molar-refractivity contribution in [3.8, 4) is 11.5 Å². The number of nitrogens with zero attached hydrogens (tertiary/aromatic N) is 1. The van der Waals surface area contributed by atoms with E-state index in [1.807, 2.05) is 5.16 Å². The summed E-state index contributed by atoms with van der Waals surface area (Å²) < 4.78 is 56.3. The molecule has 0 unspecified atom stereocenters. The zero-order chi connectivity index (χ0) is 12.8. The number of benzene rings is 1. The van der Waals surface area contributed by atoms with Crippen LogP contribution in [0.1, 0.15) is 0 Å². The van der Waals surface area contributed by atoms with E-state index in [9.17, 15) is 17.6 Å². The zero-order valence-corrected chi connectivity index (χ0v) is 8.89. The number of ether oxygens (including phenoxy) is 2. The third-order valence-electron chi connectivity index (χ3n) is 1.55. The molecule has 0 fully saturated rings. The lowest BCUT2D eigenvalue weighted by atomic mass is 10.2. The molecule has 0 aliphatic rings. The monoisotopic (exact) mass is 267 g/mol. The number of hydrogen-bond acceptors (Lipinski definition) is 4. The second-order valence-electron chi connectivity index (χ2n) is 2.56. The number of thiocarbonyl (C=S) groups is 1. The molecule has 8 heteroatoms. The molecule has 1 aromatic carbocycles. The zero-order valence-electron chi connectivity index (χ0n) is 8.07. The number of alkyl halides is 4. The van der Waals surface area contributed by atoms with Crippen LogP contribution in [0.3, 0.4) is 0 Å². The first-order valence-electron chi connectivity index (χ1n) is 4.15. The number of rotatable bonds is 5. The molecular weight excluding hydrogens is 262 g/mol. The number of para-hydroxylation sites is 1. The van der Waals surface area contributed by atoms with E-state index in [0.717, 1.165) is 12.1 Å². The maximum atomic E-state index is 12.0. The van der Waals surface area contributed by atoms with Gasteiger partial charge in [-0.25, -0.2) is 0 Å². The van der Waals surface area contributed by atoms with Gasteiger partial charge in [-0.2, -0.15) is 22.6 Å². The van der Waals surface area contributed by atoms with Crippen molar-refractivity contribution >= 4 is 23.1 Å². The van der Waals surface area contributed by atoms with E-state index in [1.54, 1.807) is 0 Å². The second-order valence-corrected chi connectivity index (χ2v) is 2.75. The van der Waals surface area contributed by atoms with Crippen LogP contribution < -0.4 is 9.47 Å². The highest BCUT2D eigenvalue weighted by molar-refractivity contribution is 7.78. The van der Waals surface area contributed by atoms with Gasteiger partial charge >= 0.3 is 13.2 Å². The fourth-order valence-corrected chi connectivity index (χ4v) is 1.13. The lowest BCUT2D eigenvalue weighted by Gasteiger charge is -2.11. The van der Waals surface area contributed by atoms with Crippen molar-refractivity contribution in [3.05, 3.63) is 18.2 Å². The molecule has 3 nitrogen and oxygen atoms in total. The lowest BCUT2D eigenvalue weighted by Crippen LogP contribution is -2.05. The highest BCUT2D eigenvalue weighted by atomic mass is 32.1. The summed E-state index contributed by atoms with van der Waals surface area (Å²) in [4.78, 5) is 3.36. The number of isothiocyanates is 1. The van der Waals surface area contributed by atoms with Crippen molar-refractivity contribution in [1.82, 2.24) is 0 Å². The van der Waals surface area contributed by atoms with E-state index in [1.165, 1.54) is 6.07 Å². The summed E-state index contributed by atoms with van der Waals surface area (Å²) in [5.41, 5.74) is -0.358. The van der Waals surface area contributed by atoms with Crippen LogP contribution in [0.15, 0.2) is 23.2 Å². The Morgan fingerprint density at radius 1 is 1.06 bits per heavy atom. The molecule has 0 spiro atoms. The average molecular weight is 267 g/mol. The summed E-state index contributed by atoms with van der Waals surface area (Å²) in [7, 11) is 0. The Kier molecular flexibility index (Phi) is 4.86. The molecule has 0 saturated carbocycles. The molecule has 0 amide bonds. The molecule has 1 rings (SSSR count). The topological polar surface area (TPSA) is 30.8 Å². The maximum Gasteiger partial charge on any atom is 0.387 e. The molecule has 0 radical (unpaired) electrons. The molecule has 1 aromatic rings. The summed E-state index contributed by atoms with van der Waals surface area (Å²) in [6.07, 6.45) is 0. The van der Waals surface area contributed by atoms with Crippen LogP contribution in [0.4, 0.5) is 23.2 Å². The van der Waals surface area contributed by atoms with Crippen LogP contribution in [-0.2, 0) is 0 Å². The Bertz CT molecular complexity index is 407. The third-order valence-corrected chi connectivity index (χ3v) is 1.64. The van der Waals surface area contributed by atoms with Crippen LogP contribution in [0.2, 0.25) is 0 Å². The van der Waals surface area contributed by atoms with Gasteiger partial charge in [0.25, 0.3) is 0 Å². The lowest BCUT2D eigenvalue weighted by molar-refractivity contribution is -0.0534. The Balaban J connectivity index is 3.16. The normalized spacial score (nSPS) is 10.2. The van der Waals surface area contributed by atoms with E-state index in [2.05, 4.69) is 26.7 Å². The van der Waals surface area contributed by atoms with Gasteiger partial charge in [-0.3, -0.25) is 0 Å². The summed E-state index contributed by atoms with van der Waals surface area (Å²) in [5.74, 6) is -0.842. The van der Waals surface area contributed by atoms with Crippen molar-refractivity contribution in [3.63, 3.8) is 0 Å². The van der Waals surface area contributed by atoms with Crippen LogP contribution in [0.25, 0.3) is 0 Å². The fraction of sp³-hybridized carbons (Fsp3) is 0.222. The number of halogens is 4. The minimum Gasteiger partial charge on any atom is -0.432 e. The maximum absolute atomic E-state index is 12.0. The Labute approximate surface area is 98.7 Å². The van der Waals surface area contributed by atoms with Gasteiger partial charge in [-0.15, -0.1) is 0 Å². The first-order valence-corrected chi connectivity index (χ1v) is 4.56. The highest BCUT2D eigenvalue weighted by Gasteiger charge is 2.16. The first-order chi connectivity index (χ1) is 8.04. The molecular formula is C9H5F4NO2S. The Morgan fingerprint density at radius 2 is 1.53 bits per heavy atom. The SMILES string of the molecule is FC(F)Oc1cccc(OC(F)F)c1N=C=S. The number of aliphatic imine (C=N–C) groups is 1. The minimum absolute atomic E-state index is 0.358. The number of hydrogen-bond donors (Lipinski definition) is 0. The van der Waals surface area contributed by atoms with E-state index in [0.29, 0.717) is 0 Å². The van der Waals surface area contributed by atoms with Gasteiger partial charge in [-0.05, 0) is 24.4 Å². The molecule has 0 N–H and O–H groups in total. The smallest absolute Gasteiger partial charge is 0.387 e. The van der Waals surface area contributed by atoms with Crippen LogP contribution in [-0.4, -0.2) is 18.4 Å². The summed E-state index contributed by atoms with van der Waals surface area (Å²) in [6.45, 7) is -6.23. The molecule has 0 heterocycles. The molecule has 92 valence electrons. The van der Waals surface area contributed by atoms with E-state index >= 15 is 0 Å². The van der Waals surface area contributed by atoms with Crippen molar-refractivity contribution < 1.29 is 27.0 Å². The standard InChI is InChI=1S/C9H5F4NO2S/c10-8(11)15-5-2-1-3-6(16-9(12)13)7(5)14-4-17/h1-3,8-9H. The predicted molar refractivity (Wildman–Crippen MR) is 54.4 cm³/mol. The van der Waals surface area contributed by atoms with Gasteiger partial charge in [0.1, 0.15) is 0 Å². The molecule has 0 aliphatic carbocycles. The van der Waals surface area contributed by atoms with Crippen molar-refractivity contribution in [2.75, 3.05) is 0 Å². The molecule has 17 heavy (non-hydrogen) atoms. The van der Waals surface area contributed by atoms with Gasteiger partial charge in [0.05, 0.1) is 5.16 Å². The first kappa shape index (κ1) is 13.4.